The van der Waals surface area contributed by atoms with Crippen LogP contribution in [0, 0.1) is 0 Å². The first-order chi connectivity index (χ1) is 13.8. The standard InChI is InChI=1S/C11H18N3O14P3/c1-9(16)7(14-3-2-6(12)13-8(14)15)26-10(4-11(9,10)17)5-25-30(21,22)28-31(23,24)27-29(18,19)20/h2-3,7,16-17H,4-5H2,1H3,(H,21,22)(H,23,24)(H2,12,13,15)(H2,18,19,20)/t7-,9+,10-,11+/m1/s1. The molecule has 2 aliphatic rings. The zero-order chi connectivity index (χ0) is 23.7. The molecule has 1 saturated carbocycles. The Balaban J connectivity index is 1.77. The fraction of sp³-hybridized carbons (Fsp3) is 0.636. The zero-order valence-corrected chi connectivity index (χ0v) is 18.1. The number of ether oxygens (including phenoxy) is 1. The molecule has 176 valence electrons. The van der Waals surface area contributed by atoms with E-state index in [1.54, 1.807) is 0 Å². The molecule has 1 aliphatic heterocycles. The maximum atomic E-state index is 12.1. The van der Waals surface area contributed by atoms with E-state index in [2.05, 4.69) is 18.1 Å². The third-order valence-electron chi connectivity index (χ3n) is 4.81. The van der Waals surface area contributed by atoms with Gasteiger partial charge < -0.3 is 40.3 Å². The molecule has 0 radical (unpaired) electrons. The van der Waals surface area contributed by atoms with Crippen LogP contribution in [0.3, 0.4) is 0 Å². The monoisotopic (exact) mass is 509 g/mol. The predicted octanol–water partition coefficient (Wildman–Crippen LogP) is -1.68. The number of nitrogen functional groups attached to an aromatic ring is 1. The molecule has 1 aliphatic carbocycles. The van der Waals surface area contributed by atoms with Crippen LogP contribution in [-0.4, -0.2) is 62.7 Å². The molecular weight excluding hydrogens is 491 g/mol. The molecule has 1 aromatic rings. The summed E-state index contributed by atoms with van der Waals surface area (Å²) in [5.74, 6) is -0.120. The van der Waals surface area contributed by atoms with Gasteiger partial charge in [-0.1, -0.05) is 0 Å². The van der Waals surface area contributed by atoms with Gasteiger partial charge in [0.05, 0.1) is 6.61 Å². The van der Waals surface area contributed by atoms with Gasteiger partial charge in [-0.05, 0) is 13.0 Å². The Kier molecular flexibility index (Phi) is 5.74. The second-order valence-corrected chi connectivity index (χ2v) is 11.5. The Morgan fingerprint density at radius 3 is 2.39 bits per heavy atom. The Morgan fingerprint density at radius 1 is 1.23 bits per heavy atom. The van der Waals surface area contributed by atoms with Crippen LogP contribution in [0.15, 0.2) is 17.1 Å². The van der Waals surface area contributed by atoms with Crippen LogP contribution in [0.2, 0.25) is 0 Å². The van der Waals surface area contributed by atoms with Gasteiger partial charge in [-0.25, -0.2) is 18.5 Å². The minimum absolute atomic E-state index is 0.120. The number of rotatable bonds is 8. The molecule has 8 N–H and O–H groups in total. The molecule has 31 heavy (non-hydrogen) atoms. The minimum atomic E-state index is -5.74. The summed E-state index contributed by atoms with van der Waals surface area (Å²) in [5.41, 5.74) is -1.61. The normalized spacial score (nSPS) is 36.4. The van der Waals surface area contributed by atoms with Gasteiger partial charge in [-0.15, -0.1) is 0 Å². The maximum Gasteiger partial charge on any atom is 0.490 e. The summed E-state index contributed by atoms with van der Waals surface area (Å²) in [6, 6.07) is 1.22. The van der Waals surface area contributed by atoms with Gasteiger partial charge in [0.25, 0.3) is 0 Å². The highest BCUT2D eigenvalue weighted by atomic mass is 31.3. The summed E-state index contributed by atoms with van der Waals surface area (Å²) in [6.07, 6.45) is -0.735. The second-order valence-electron chi connectivity index (χ2n) is 7.06. The van der Waals surface area contributed by atoms with Crippen molar-refractivity contribution in [2.75, 3.05) is 12.3 Å². The van der Waals surface area contributed by atoms with Gasteiger partial charge in [-0.2, -0.15) is 13.6 Å². The van der Waals surface area contributed by atoms with E-state index in [4.69, 9.17) is 25.2 Å². The van der Waals surface area contributed by atoms with Crippen LogP contribution < -0.4 is 11.4 Å². The molecule has 3 rings (SSSR count). The summed E-state index contributed by atoms with van der Waals surface area (Å²) in [5, 5.41) is 21.5. The minimum Gasteiger partial charge on any atom is -0.383 e. The number of nitrogens with zero attached hydrogens (tertiary/aromatic N) is 2. The third kappa shape index (κ3) is 4.56. The Bertz CT molecular complexity index is 1100. The number of aliphatic hydroxyl groups is 2. The molecule has 2 unspecified atom stereocenters. The van der Waals surface area contributed by atoms with Crippen LogP contribution in [0.4, 0.5) is 5.82 Å². The second kappa shape index (κ2) is 7.23. The molecule has 6 atom stereocenters. The molecule has 20 heteroatoms. The quantitative estimate of drug-likeness (QED) is 0.193. The van der Waals surface area contributed by atoms with Gasteiger partial charge in [0.15, 0.2) is 6.23 Å². The molecule has 0 bridgehead atoms. The van der Waals surface area contributed by atoms with E-state index in [0.29, 0.717) is 0 Å². The first kappa shape index (κ1) is 24.6. The summed E-state index contributed by atoms with van der Waals surface area (Å²) in [4.78, 5) is 51.3. The summed E-state index contributed by atoms with van der Waals surface area (Å²) < 4.78 is 52.0. The summed E-state index contributed by atoms with van der Waals surface area (Å²) in [7, 11) is -16.8. The van der Waals surface area contributed by atoms with Crippen molar-refractivity contribution in [3.8, 4) is 0 Å². The van der Waals surface area contributed by atoms with Crippen molar-refractivity contribution in [1.29, 1.82) is 0 Å². The Labute approximate surface area is 172 Å². The number of hydrogen-bond donors (Lipinski definition) is 7. The number of fused-ring (bicyclic) bond motifs is 1. The average Bonchev–Trinajstić information content (AvgIpc) is 3.10. The van der Waals surface area contributed by atoms with Gasteiger partial charge >= 0.3 is 29.2 Å². The number of nitrogens with two attached hydrogens (primary N) is 1. The molecule has 0 aromatic carbocycles. The zero-order valence-electron chi connectivity index (χ0n) is 15.4. The molecule has 1 saturated heterocycles. The van der Waals surface area contributed by atoms with E-state index in [1.165, 1.54) is 6.07 Å². The van der Waals surface area contributed by atoms with Crippen molar-refractivity contribution in [1.82, 2.24) is 9.55 Å². The lowest BCUT2D eigenvalue weighted by Crippen LogP contribution is -2.48. The number of phosphoric acid groups is 3. The highest BCUT2D eigenvalue weighted by Gasteiger charge is 2.84. The van der Waals surface area contributed by atoms with E-state index < -0.39 is 58.8 Å². The van der Waals surface area contributed by atoms with Crippen LogP contribution in [0.5, 0.6) is 0 Å². The molecule has 0 spiro atoms. The lowest BCUT2D eigenvalue weighted by atomic mass is 9.94. The van der Waals surface area contributed by atoms with E-state index in [9.17, 15) is 33.6 Å². The van der Waals surface area contributed by atoms with Crippen molar-refractivity contribution in [2.24, 2.45) is 0 Å². The number of phosphoric ester groups is 1. The van der Waals surface area contributed by atoms with Crippen LogP contribution in [0.1, 0.15) is 19.6 Å². The predicted molar refractivity (Wildman–Crippen MR) is 95.8 cm³/mol. The van der Waals surface area contributed by atoms with Crippen molar-refractivity contribution in [2.45, 2.75) is 36.4 Å². The van der Waals surface area contributed by atoms with E-state index in [-0.39, 0.29) is 12.2 Å². The van der Waals surface area contributed by atoms with Crippen LogP contribution >= 0.6 is 23.5 Å². The van der Waals surface area contributed by atoms with Crippen molar-refractivity contribution >= 4 is 29.3 Å². The smallest absolute Gasteiger partial charge is 0.383 e. The van der Waals surface area contributed by atoms with E-state index >= 15 is 0 Å². The number of hydrogen-bond acceptors (Lipinski definition) is 12. The largest absolute Gasteiger partial charge is 0.490 e. The molecule has 2 fully saturated rings. The molecule has 0 amide bonds. The number of aromatic nitrogens is 2. The van der Waals surface area contributed by atoms with Gasteiger partial charge in [0, 0.05) is 12.6 Å². The Morgan fingerprint density at radius 2 is 1.84 bits per heavy atom. The van der Waals surface area contributed by atoms with Crippen LogP contribution in [-0.2, 0) is 31.6 Å². The van der Waals surface area contributed by atoms with Gasteiger partial charge in [0.1, 0.15) is 22.6 Å². The summed E-state index contributed by atoms with van der Waals surface area (Å²) >= 11 is 0. The van der Waals surface area contributed by atoms with Gasteiger partial charge in [0.2, 0.25) is 0 Å². The number of anilines is 1. The maximum absolute atomic E-state index is 12.1. The lowest BCUT2D eigenvalue weighted by Gasteiger charge is -2.31. The SMILES string of the molecule is C[C@]1(O)[C@H](n2ccc(N)nc2=O)O[C@@]2(COP(=O)(O)OP(=O)(O)OP(=O)(O)O)C[C@@]21O. The van der Waals surface area contributed by atoms with E-state index in [1.807, 2.05) is 0 Å². The lowest BCUT2D eigenvalue weighted by molar-refractivity contribution is -0.143. The van der Waals surface area contributed by atoms with Crippen LogP contribution in [0.25, 0.3) is 0 Å². The molecular formula is C11H18N3O14P3. The van der Waals surface area contributed by atoms with Gasteiger partial charge in [-0.3, -0.25) is 9.09 Å². The van der Waals surface area contributed by atoms with Crippen molar-refractivity contribution in [3.63, 3.8) is 0 Å². The molecule has 2 heterocycles. The highest BCUT2D eigenvalue weighted by molar-refractivity contribution is 7.66. The first-order valence-corrected chi connectivity index (χ1v) is 12.6. The molecule has 1 aromatic heterocycles. The topological polar surface area (TPSA) is 270 Å². The van der Waals surface area contributed by atoms with Crippen molar-refractivity contribution < 1.29 is 61.4 Å². The van der Waals surface area contributed by atoms with Crippen molar-refractivity contribution in [3.05, 3.63) is 22.7 Å². The Hall–Kier alpha value is -1.03. The molecule has 17 nitrogen and oxygen atoms in total. The fourth-order valence-electron chi connectivity index (χ4n) is 3.31. The fourth-order valence-corrected chi connectivity index (χ4v) is 6.37. The first-order valence-electron chi connectivity index (χ1n) is 8.09. The highest BCUT2D eigenvalue weighted by Crippen LogP contribution is 2.70. The third-order valence-corrected chi connectivity index (χ3v) is 8.59. The average molecular weight is 509 g/mol. The summed E-state index contributed by atoms with van der Waals surface area (Å²) in [6.45, 7) is 0.122. The van der Waals surface area contributed by atoms with E-state index in [0.717, 1.165) is 17.7 Å².